The van der Waals surface area contributed by atoms with Crippen LogP contribution in [0.5, 0.6) is 5.75 Å². The van der Waals surface area contributed by atoms with Gasteiger partial charge in [-0.2, -0.15) is 0 Å². The van der Waals surface area contributed by atoms with Crippen LogP contribution in [0.1, 0.15) is 19.4 Å². The summed E-state index contributed by atoms with van der Waals surface area (Å²) < 4.78 is 34.5. The number of halogens is 1. The van der Waals surface area contributed by atoms with Crippen molar-refractivity contribution in [3.8, 4) is 5.75 Å². The lowest BCUT2D eigenvalue weighted by atomic mass is 10.1. The van der Waals surface area contributed by atoms with Crippen LogP contribution in [0, 0.1) is 0 Å². The van der Waals surface area contributed by atoms with Gasteiger partial charge >= 0.3 is 0 Å². The number of amides is 2. The van der Waals surface area contributed by atoms with Crippen molar-refractivity contribution in [1.29, 1.82) is 0 Å². The number of likely N-dealkylation sites (N-methyl/N-ethyl adjacent to an activating group) is 1. The van der Waals surface area contributed by atoms with Gasteiger partial charge in [-0.1, -0.05) is 54.1 Å². The Bertz CT molecular complexity index is 1330. The first-order valence-corrected chi connectivity index (χ1v) is 14.1. The van der Waals surface area contributed by atoms with Crippen molar-refractivity contribution in [3.63, 3.8) is 0 Å². The maximum Gasteiger partial charge on any atom is 0.264 e. The van der Waals surface area contributed by atoms with E-state index in [2.05, 4.69) is 5.32 Å². The van der Waals surface area contributed by atoms with Gasteiger partial charge in [0.15, 0.2) is 0 Å². The van der Waals surface area contributed by atoms with Crippen molar-refractivity contribution >= 4 is 39.1 Å². The van der Waals surface area contributed by atoms with Crippen molar-refractivity contribution < 1.29 is 22.7 Å². The highest BCUT2D eigenvalue weighted by Crippen LogP contribution is 2.33. The lowest BCUT2D eigenvalue weighted by molar-refractivity contribution is -0.138. The number of hydrogen-bond donors (Lipinski definition) is 1. The molecule has 1 N–H and O–H groups in total. The minimum absolute atomic E-state index is 0.0313. The minimum Gasteiger partial charge on any atom is -0.492 e. The molecule has 0 aromatic heterocycles. The van der Waals surface area contributed by atoms with E-state index in [1.165, 1.54) is 36.2 Å². The standard InChI is InChI=1S/C28H32ClN3O5S/c1-4-37-26-13-9-8-12-25(26)32(38(35,36)24-16-14-23(29)15-17-24)20-27(33)31(21(2)28(34)30-3)19-18-22-10-6-5-7-11-22/h5-17,21H,4,18-20H2,1-3H3,(H,30,34)/t21-/m1/s1. The number of para-hydroxylation sites is 2. The first kappa shape index (κ1) is 29.0. The van der Waals surface area contributed by atoms with E-state index in [1.807, 2.05) is 30.3 Å². The first-order chi connectivity index (χ1) is 18.2. The number of sulfonamides is 1. The molecule has 0 radical (unpaired) electrons. The zero-order valence-corrected chi connectivity index (χ0v) is 23.2. The van der Waals surface area contributed by atoms with E-state index in [4.69, 9.17) is 16.3 Å². The van der Waals surface area contributed by atoms with Gasteiger partial charge < -0.3 is 15.0 Å². The second-order valence-corrected chi connectivity index (χ2v) is 10.8. The number of hydrogen-bond acceptors (Lipinski definition) is 5. The van der Waals surface area contributed by atoms with Crippen LogP contribution in [0.4, 0.5) is 5.69 Å². The van der Waals surface area contributed by atoms with E-state index in [0.29, 0.717) is 23.8 Å². The van der Waals surface area contributed by atoms with Gasteiger partial charge in [-0.3, -0.25) is 13.9 Å². The number of carbonyl (C=O) groups is 2. The summed E-state index contributed by atoms with van der Waals surface area (Å²) in [5, 5.41) is 2.96. The molecule has 0 fully saturated rings. The van der Waals surface area contributed by atoms with E-state index in [1.54, 1.807) is 38.1 Å². The van der Waals surface area contributed by atoms with Gasteiger partial charge in [-0.05, 0) is 62.2 Å². The van der Waals surface area contributed by atoms with Crippen LogP contribution in [0.15, 0.2) is 83.8 Å². The Morgan fingerprint density at radius 3 is 2.24 bits per heavy atom. The van der Waals surface area contributed by atoms with Crippen LogP contribution in [-0.4, -0.2) is 57.9 Å². The van der Waals surface area contributed by atoms with Gasteiger partial charge in [0.25, 0.3) is 10.0 Å². The summed E-state index contributed by atoms with van der Waals surface area (Å²) in [4.78, 5) is 27.7. The molecule has 8 nitrogen and oxygen atoms in total. The molecule has 3 aromatic rings. The van der Waals surface area contributed by atoms with Crippen molar-refractivity contribution in [2.75, 3.05) is 31.0 Å². The Morgan fingerprint density at radius 1 is 0.974 bits per heavy atom. The molecular weight excluding hydrogens is 526 g/mol. The molecule has 10 heteroatoms. The quantitative estimate of drug-likeness (QED) is 0.361. The highest BCUT2D eigenvalue weighted by Gasteiger charge is 2.33. The summed E-state index contributed by atoms with van der Waals surface area (Å²) >= 11 is 5.99. The molecule has 2 amide bonds. The number of anilines is 1. The van der Waals surface area contributed by atoms with Crippen LogP contribution in [0.25, 0.3) is 0 Å². The Kier molecular flexibility index (Phi) is 10.2. The zero-order valence-electron chi connectivity index (χ0n) is 21.6. The molecule has 0 heterocycles. The number of benzene rings is 3. The van der Waals surface area contributed by atoms with Crippen LogP contribution in [0.3, 0.4) is 0 Å². The Labute approximate surface area is 229 Å². The van der Waals surface area contributed by atoms with Crippen molar-refractivity contribution in [3.05, 3.63) is 89.4 Å². The summed E-state index contributed by atoms with van der Waals surface area (Å²) in [5.74, 6) is -0.565. The summed E-state index contributed by atoms with van der Waals surface area (Å²) in [5.41, 5.74) is 1.20. The number of carbonyl (C=O) groups excluding carboxylic acids is 2. The Morgan fingerprint density at radius 2 is 1.61 bits per heavy atom. The van der Waals surface area contributed by atoms with Gasteiger partial charge in [0.2, 0.25) is 11.8 Å². The molecule has 202 valence electrons. The molecule has 0 spiro atoms. The van der Waals surface area contributed by atoms with E-state index >= 15 is 0 Å². The second kappa shape index (κ2) is 13.3. The van der Waals surface area contributed by atoms with Crippen molar-refractivity contribution in [2.24, 2.45) is 0 Å². The van der Waals surface area contributed by atoms with Gasteiger partial charge in [0, 0.05) is 18.6 Å². The van der Waals surface area contributed by atoms with Crippen molar-refractivity contribution in [2.45, 2.75) is 31.2 Å². The third kappa shape index (κ3) is 7.05. The molecule has 3 rings (SSSR count). The number of rotatable bonds is 12. The van der Waals surface area contributed by atoms with Gasteiger partial charge in [0.05, 0.1) is 17.2 Å². The normalized spacial score (nSPS) is 11.9. The molecule has 0 aliphatic carbocycles. The number of nitrogens with one attached hydrogen (secondary N) is 1. The zero-order chi connectivity index (χ0) is 27.7. The second-order valence-electron chi connectivity index (χ2n) is 8.48. The monoisotopic (exact) mass is 557 g/mol. The van der Waals surface area contributed by atoms with Gasteiger partial charge in [-0.15, -0.1) is 0 Å². The van der Waals surface area contributed by atoms with Crippen LogP contribution < -0.4 is 14.4 Å². The third-order valence-electron chi connectivity index (χ3n) is 6.01. The van der Waals surface area contributed by atoms with E-state index in [0.717, 1.165) is 9.87 Å². The van der Waals surface area contributed by atoms with Crippen LogP contribution in [0.2, 0.25) is 5.02 Å². The van der Waals surface area contributed by atoms with Gasteiger partial charge in [0.1, 0.15) is 18.3 Å². The molecule has 0 unspecified atom stereocenters. The smallest absolute Gasteiger partial charge is 0.264 e. The van der Waals surface area contributed by atoms with Crippen molar-refractivity contribution in [1.82, 2.24) is 10.2 Å². The molecule has 0 saturated carbocycles. The molecule has 38 heavy (non-hydrogen) atoms. The minimum atomic E-state index is -4.21. The van der Waals surface area contributed by atoms with Crippen LogP contribution in [-0.2, 0) is 26.0 Å². The fourth-order valence-corrected chi connectivity index (χ4v) is 5.52. The molecule has 0 aliphatic heterocycles. The maximum absolute atomic E-state index is 13.9. The topological polar surface area (TPSA) is 96.0 Å². The third-order valence-corrected chi connectivity index (χ3v) is 8.04. The number of ether oxygens (including phenoxy) is 1. The average molecular weight is 558 g/mol. The summed E-state index contributed by atoms with van der Waals surface area (Å²) in [7, 11) is -2.72. The SMILES string of the molecule is CCOc1ccccc1N(CC(=O)N(CCc1ccccc1)[C@H](C)C(=O)NC)S(=O)(=O)c1ccc(Cl)cc1. The molecule has 1 atom stereocenters. The average Bonchev–Trinajstić information content (AvgIpc) is 2.92. The first-order valence-electron chi connectivity index (χ1n) is 12.2. The summed E-state index contributed by atoms with van der Waals surface area (Å²) in [6.45, 7) is 3.39. The highest BCUT2D eigenvalue weighted by molar-refractivity contribution is 7.92. The summed E-state index contributed by atoms with van der Waals surface area (Å²) in [6, 6.07) is 21.1. The molecular formula is C28H32ClN3O5S. The van der Waals surface area contributed by atoms with Gasteiger partial charge in [-0.25, -0.2) is 8.42 Å². The Hall–Kier alpha value is -3.56. The number of nitrogens with zero attached hydrogens (tertiary/aromatic N) is 2. The van der Waals surface area contributed by atoms with E-state index in [-0.39, 0.29) is 23.0 Å². The largest absolute Gasteiger partial charge is 0.492 e. The Balaban J connectivity index is 2.03. The fraction of sp³-hybridized carbons (Fsp3) is 0.286. The molecule has 0 bridgehead atoms. The van der Waals surface area contributed by atoms with Crippen LogP contribution >= 0.6 is 11.6 Å². The lowest BCUT2D eigenvalue weighted by Gasteiger charge is -2.32. The predicted octanol–water partition coefficient (Wildman–Crippen LogP) is 4.14. The summed E-state index contributed by atoms with van der Waals surface area (Å²) in [6.07, 6.45) is 0.493. The molecule has 0 saturated heterocycles. The molecule has 3 aromatic carbocycles. The lowest BCUT2D eigenvalue weighted by Crippen LogP contribution is -2.51. The fourth-order valence-electron chi connectivity index (χ4n) is 3.97. The van der Waals surface area contributed by atoms with E-state index < -0.39 is 28.5 Å². The highest BCUT2D eigenvalue weighted by atomic mass is 35.5. The predicted molar refractivity (Wildman–Crippen MR) is 149 cm³/mol. The molecule has 0 aliphatic rings. The van der Waals surface area contributed by atoms with E-state index in [9.17, 15) is 18.0 Å². The maximum atomic E-state index is 13.9.